The van der Waals surface area contributed by atoms with Crippen molar-refractivity contribution >= 4 is 5.57 Å². The molecule has 3 heteroatoms. The van der Waals surface area contributed by atoms with Gasteiger partial charge in [-0.1, -0.05) is 97.9 Å². The molecular weight excluding hydrogens is 408 g/mol. The number of ether oxygens (including phenoxy) is 2. The molecule has 0 aromatic heterocycles. The third-order valence-corrected chi connectivity index (χ3v) is 6.50. The highest BCUT2D eigenvalue weighted by atomic mass is 16.5. The second-order valence-corrected chi connectivity index (χ2v) is 9.08. The van der Waals surface area contributed by atoms with Gasteiger partial charge in [0.1, 0.15) is 0 Å². The van der Waals surface area contributed by atoms with Crippen LogP contribution in [0.3, 0.4) is 0 Å². The summed E-state index contributed by atoms with van der Waals surface area (Å²) in [4.78, 5) is 0. The Hall–Kier alpha value is -2.72. The third-order valence-electron chi connectivity index (χ3n) is 6.50. The number of aliphatic hydroxyl groups is 1. The van der Waals surface area contributed by atoms with Crippen molar-refractivity contribution in [3.63, 3.8) is 0 Å². The number of hydrogen-bond acceptors (Lipinski definition) is 3. The summed E-state index contributed by atoms with van der Waals surface area (Å²) in [6, 6.07) is 30.9. The number of hydrogen-bond donors (Lipinski definition) is 1. The summed E-state index contributed by atoms with van der Waals surface area (Å²) in [6.45, 7) is 4.41. The highest BCUT2D eigenvalue weighted by Crippen LogP contribution is 2.46. The molecular formula is C30H34O3. The lowest BCUT2D eigenvalue weighted by atomic mass is 9.86. The van der Waals surface area contributed by atoms with Crippen molar-refractivity contribution in [2.45, 2.75) is 45.5 Å². The molecule has 1 unspecified atom stereocenters. The SMILES string of the molecule is CC/C(=C1\CC(COCc2ccccc2)(COCc2ccccc2)CC1O)c1ccccc1. The van der Waals surface area contributed by atoms with Gasteiger partial charge < -0.3 is 14.6 Å². The first-order valence-electron chi connectivity index (χ1n) is 11.9. The van der Waals surface area contributed by atoms with Crippen molar-refractivity contribution in [2.75, 3.05) is 13.2 Å². The minimum Gasteiger partial charge on any atom is -0.389 e. The van der Waals surface area contributed by atoms with Crippen molar-refractivity contribution in [3.8, 4) is 0 Å². The second-order valence-electron chi connectivity index (χ2n) is 9.08. The molecule has 1 atom stereocenters. The van der Waals surface area contributed by atoms with Gasteiger partial charge in [-0.2, -0.15) is 0 Å². The van der Waals surface area contributed by atoms with E-state index in [2.05, 4.69) is 55.5 Å². The molecule has 1 aliphatic carbocycles. The smallest absolute Gasteiger partial charge is 0.0763 e. The van der Waals surface area contributed by atoms with E-state index in [1.54, 1.807) is 0 Å². The fraction of sp³-hybridized carbons (Fsp3) is 0.333. The van der Waals surface area contributed by atoms with Crippen LogP contribution in [-0.4, -0.2) is 24.4 Å². The van der Waals surface area contributed by atoms with E-state index < -0.39 is 6.10 Å². The van der Waals surface area contributed by atoms with Gasteiger partial charge in [0.2, 0.25) is 0 Å². The zero-order valence-electron chi connectivity index (χ0n) is 19.5. The predicted octanol–water partition coefficient (Wildman–Crippen LogP) is 6.42. The number of rotatable bonds is 10. The predicted molar refractivity (Wildman–Crippen MR) is 134 cm³/mol. The maximum absolute atomic E-state index is 11.2. The molecule has 0 radical (unpaired) electrons. The molecule has 4 rings (SSSR count). The Morgan fingerprint density at radius 3 is 1.76 bits per heavy atom. The van der Waals surface area contributed by atoms with Crippen LogP contribution in [0.1, 0.15) is 42.9 Å². The van der Waals surface area contributed by atoms with Crippen LogP contribution in [-0.2, 0) is 22.7 Å². The van der Waals surface area contributed by atoms with E-state index in [0.29, 0.717) is 32.8 Å². The molecule has 172 valence electrons. The molecule has 0 bridgehead atoms. The molecule has 0 aliphatic heterocycles. The zero-order chi connectivity index (χ0) is 22.9. The Bertz CT molecular complexity index is 967. The summed E-state index contributed by atoms with van der Waals surface area (Å²) in [5, 5.41) is 11.2. The number of benzene rings is 3. The molecule has 3 aromatic rings. The van der Waals surface area contributed by atoms with E-state index >= 15 is 0 Å². The van der Waals surface area contributed by atoms with E-state index in [0.717, 1.165) is 29.5 Å². The monoisotopic (exact) mass is 442 g/mol. The van der Waals surface area contributed by atoms with Crippen molar-refractivity contribution in [1.29, 1.82) is 0 Å². The Balaban J connectivity index is 1.52. The summed E-state index contributed by atoms with van der Waals surface area (Å²) in [5.74, 6) is 0. The van der Waals surface area contributed by atoms with Crippen LogP contribution in [0.2, 0.25) is 0 Å². The van der Waals surface area contributed by atoms with E-state index in [1.165, 1.54) is 11.1 Å². The summed E-state index contributed by atoms with van der Waals surface area (Å²) in [5.41, 5.74) is 5.65. The summed E-state index contributed by atoms with van der Waals surface area (Å²) >= 11 is 0. The topological polar surface area (TPSA) is 38.7 Å². The zero-order valence-corrected chi connectivity index (χ0v) is 19.5. The van der Waals surface area contributed by atoms with Gasteiger partial charge in [-0.25, -0.2) is 0 Å². The first-order chi connectivity index (χ1) is 16.2. The fourth-order valence-corrected chi connectivity index (χ4v) is 4.87. The molecule has 1 aliphatic rings. The maximum Gasteiger partial charge on any atom is 0.0763 e. The van der Waals surface area contributed by atoms with E-state index in [4.69, 9.17) is 9.47 Å². The molecule has 3 nitrogen and oxygen atoms in total. The largest absolute Gasteiger partial charge is 0.389 e. The average Bonchev–Trinajstić information content (AvgIpc) is 3.17. The van der Waals surface area contributed by atoms with Crippen LogP contribution in [0, 0.1) is 5.41 Å². The van der Waals surface area contributed by atoms with Gasteiger partial charge in [-0.05, 0) is 47.1 Å². The van der Waals surface area contributed by atoms with E-state index in [1.807, 2.05) is 42.5 Å². The average molecular weight is 443 g/mol. The Kier molecular flexibility index (Phi) is 8.11. The molecule has 1 saturated carbocycles. The van der Waals surface area contributed by atoms with Crippen molar-refractivity contribution in [3.05, 3.63) is 113 Å². The van der Waals surface area contributed by atoms with Gasteiger partial charge in [-0.3, -0.25) is 0 Å². The molecule has 1 N–H and O–H groups in total. The summed E-state index contributed by atoms with van der Waals surface area (Å²) in [6.07, 6.45) is 1.86. The normalized spacial score (nSPS) is 18.9. The first-order valence-corrected chi connectivity index (χ1v) is 11.9. The van der Waals surface area contributed by atoms with Gasteiger partial charge in [-0.15, -0.1) is 0 Å². The van der Waals surface area contributed by atoms with Crippen molar-refractivity contribution in [1.82, 2.24) is 0 Å². The summed E-state index contributed by atoms with van der Waals surface area (Å²) in [7, 11) is 0. The molecule has 0 heterocycles. The van der Waals surface area contributed by atoms with E-state index in [-0.39, 0.29) is 5.41 Å². The van der Waals surface area contributed by atoms with E-state index in [9.17, 15) is 5.11 Å². The molecule has 0 amide bonds. The van der Waals surface area contributed by atoms with Gasteiger partial charge in [0.25, 0.3) is 0 Å². The molecule has 0 spiro atoms. The van der Waals surface area contributed by atoms with Crippen LogP contribution in [0.5, 0.6) is 0 Å². The quantitative estimate of drug-likeness (QED) is 0.393. The Morgan fingerprint density at radius 1 is 0.788 bits per heavy atom. The van der Waals surface area contributed by atoms with Gasteiger partial charge >= 0.3 is 0 Å². The lowest BCUT2D eigenvalue weighted by molar-refractivity contribution is -0.0349. The summed E-state index contributed by atoms with van der Waals surface area (Å²) < 4.78 is 12.4. The minimum atomic E-state index is -0.471. The van der Waals surface area contributed by atoms with Crippen LogP contribution >= 0.6 is 0 Å². The highest BCUT2D eigenvalue weighted by molar-refractivity contribution is 5.70. The Labute approximate surface area is 197 Å². The van der Waals surface area contributed by atoms with Crippen molar-refractivity contribution < 1.29 is 14.6 Å². The lowest BCUT2D eigenvalue weighted by Crippen LogP contribution is -2.30. The number of allylic oxidation sites excluding steroid dienone is 1. The van der Waals surface area contributed by atoms with Crippen LogP contribution in [0.4, 0.5) is 0 Å². The van der Waals surface area contributed by atoms with Crippen LogP contribution < -0.4 is 0 Å². The van der Waals surface area contributed by atoms with Gasteiger partial charge in [0.15, 0.2) is 0 Å². The Morgan fingerprint density at radius 2 is 1.27 bits per heavy atom. The van der Waals surface area contributed by atoms with Crippen molar-refractivity contribution in [2.24, 2.45) is 5.41 Å². The third kappa shape index (κ3) is 6.20. The molecule has 1 fully saturated rings. The fourth-order valence-electron chi connectivity index (χ4n) is 4.87. The molecule has 0 saturated heterocycles. The van der Waals surface area contributed by atoms with Gasteiger partial charge in [0, 0.05) is 5.41 Å². The van der Waals surface area contributed by atoms with Crippen LogP contribution in [0.25, 0.3) is 5.57 Å². The molecule has 33 heavy (non-hydrogen) atoms. The maximum atomic E-state index is 11.2. The van der Waals surface area contributed by atoms with Crippen LogP contribution in [0.15, 0.2) is 96.6 Å². The highest BCUT2D eigenvalue weighted by Gasteiger charge is 2.43. The molecule has 3 aromatic carbocycles. The number of aliphatic hydroxyl groups excluding tert-OH is 1. The first kappa shape index (κ1) is 23.4. The lowest BCUT2D eigenvalue weighted by Gasteiger charge is -2.28. The van der Waals surface area contributed by atoms with Gasteiger partial charge in [0.05, 0.1) is 32.5 Å². The minimum absolute atomic E-state index is 0.243. The standard InChI is InChI=1S/C30H34O3/c1-2-27(26-16-10-5-11-17-26)28-18-30(19-29(28)31,22-32-20-24-12-6-3-7-13-24)23-33-21-25-14-8-4-9-15-25/h3-17,29,31H,2,18-23H2,1H3/b28-27-. The second kappa shape index (κ2) is 11.4.